The van der Waals surface area contributed by atoms with Gasteiger partial charge in [0.15, 0.2) is 0 Å². The molecule has 0 radical (unpaired) electrons. The van der Waals surface area contributed by atoms with Crippen molar-refractivity contribution in [2.24, 2.45) is 12.5 Å². The van der Waals surface area contributed by atoms with Crippen molar-refractivity contribution >= 4 is 11.8 Å². The van der Waals surface area contributed by atoms with Gasteiger partial charge in [0.05, 0.1) is 5.69 Å². The zero-order chi connectivity index (χ0) is 15.5. The van der Waals surface area contributed by atoms with Gasteiger partial charge in [-0.1, -0.05) is 13.8 Å². The molecule has 2 rings (SSSR count). The molecule has 1 fully saturated rings. The molecule has 1 aromatic rings. The number of carbonyl (C=O) groups excluding carboxylic acids is 1. The average molecular weight is 294 g/mol. The number of nitrogens with zero attached hydrogens (tertiary/aromatic N) is 3. The molecule has 1 saturated heterocycles. The first-order chi connectivity index (χ1) is 10.0. The van der Waals surface area contributed by atoms with Gasteiger partial charge in [-0.05, 0) is 31.1 Å². The Balaban J connectivity index is 1.94. The highest BCUT2D eigenvalue weighted by atomic mass is 16.3. The quantitative estimate of drug-likeness (QED) is 0.892. The summed E-state index contributed by atoms with van der Waals surface area (Å²) >= 11 is 0. The minimum Gasteiger partial charge on any atom is -0.396 e. The van der Waals surface area contributed by atoms with Gasteiger partial charge >= 0.3 is 6.03 Å². The van der Waals surface area contributed by atoms with Crippen LogP contribution in [0.3, 0.4) is 0 Å². The fraction of sp³-hybridized carbons (Fsp3) is 0.733. The van der Waals surface area contributed by atoms with Gasteiger partial charge in [0.25, 0.3) is 0 Å². The second-order valence-corrected chi connectivity index (χ2v) is 5.93. The second kappa shape index (κ2) is 6.47. The van der Waals surface area contributed by atoms with Crippen LogP contribution in [0.15, 0.2) is 6.07 Å². The van der Waals surface area contributed by atoms with Crippen LogP contribution >= 0.6 is 0 Å². The maximum atomic E-state index is 12.3. The molecule has 1 aromatic heterocycles. The number of aliphatic hydroxyl groups excluding tert-OH is 1. The SMILES string of the molecule is CCc1cc(NC(=O)N2CCC(CC)(CO)CC2)n(C)n1. The van der Waals surface area contributed by atoms with Crippen LogP contribution in [0.1, 0.15) is 38.8 Å². The molecular formula is C15H26N4O2. The molecule has 6 heteroatoms. The molecule has 1 aliphatic rings. The number of aromatic nitrogens is 2. The lowest BCUT2D eigenvalue weighted by Gasteiger charge is -2.40. The third-order valence-corrected chi connectivity index (χ3v) is 4.72. The maximum Gasteiger partial charge on any atom is 0.322 e. The van der Waals surface area contributed by atoms with Crippen LogP contribution < -0.4 is 5.32 Å². The third kappa shape index (κ3) is 3.37. The Kier molecular flexibility index (Phi) is 4.88. The van der Waals surface area contributed by atoms with Crippen LogP contribution in [0.4, 0.5) is 10.6 Å². The molecular weight excluding hydrogens is 268 g/mol. The van der Waals surface area contributed by atoms with Gasteiger partial charge in [-0.15, -0.1) is 0 Å². The van der Waals surface area contributed by atoms with Gasteiger partial charge in [0.2, 0.25) is 0 Å². The van der Waals surface area contributed by atoms with E-state index in [1.807, 2.05) is 24.9 Å². The summed E-state index contributed by atoms with van der Waals surface area (Å²) in [5.41, 5.74) is 0.968. The van der Waals surface area contributed by atoms with E-state index in [2.05, 4.69) is 17.3 Å². The van der Waals surface area contributed by atoms with Crippen LogP contribution in [-0.4, -0.2) is 45.5 Å². The molecule has 0 unspecified atom stereocenters. The predicted molar refractivity (Wildman–Crippen MR) is 82.2 cm³/mol. The number of carbonyl (C=O) groups is 1. The highest BCUT2D eigenvalue weighted by Crippen LogP contribution is 2.34. The molecule has 0 aliphatic carbocycles. The standard InChI is InChI=1S/C15H26N4O2/c1-4-12-10-13(18(3)17-12)16-14(21)19-8-6-15(5-2,11-20)7-9-19/h10,20H,4-9,11H2,1-3H3,(H,16,21). The van der Waals surface area contributed by atoms with Gasteiger partial charge < -0.3 is 10.0 Å². The largest absolute Gasteiger partial charge is 0.396 e. The number of hydrogen-bond acceptors (Lipinski definition) is 3. The Morgan fingerprint density at radius 2 is 2.10 bits per heavy atom. The topological polar surface area (TPSA) is 70.4 Å². The van der Waals surface area contributed by atoms with Gasteiger partial charge in [-0.2, -0.15) is 5.10 Å². The zero-order valence-corrected chi connectivity index (χ0v) is 13.2. The second-order valence-electron chi connectivity index (χ2n) is 5.93. The molecule has 118 valence electrons. The first kappa shape index (κ1) is 15.8. The number of aliphatic hydroxyl groups is 1. The van der Waals surface area contributed by atoms with Crippen LogP contribution in [0.25, 0.3) is 0 Å². The summed E-state index contributed by atoms with van der Waals surface area (Å²) in [6.45, 7) is 5.74. The Morgan fingerprint density at radius 1 is 1.43 bits per heavy atom. The summed E-state index contributed by atoms with van der Waals surface area (Å²) in [5, 5.41) is 16.8. The van der Waals surface area contributed by atoms with Crippen molar-refractivity contribution in [3.05, 3.63) is 11.8 Å². The number of anilines is 1. The fourth-order valence-electron chi connectivity index (χ4n) is 2.81. The van der Waals surface area contributed by atoms with Crippen LogP contribution in [0, 0.1) is 5.41 Å². The number of nitrogens with one attached hydrogen (secondary N) is 1. The minimum atomic E-state index is -0.0803. The zero-order valence-electron chi connectivity index (χ0n) is 13.2. The number of rotatable bonds is 4. The molecule has 0 saturated carbocycles. The summed E-state index contributed by atoms with van der Waals surface area (Å²) in [4.78, 5) is 14.1. The van der Waals surface area contributed by atoms with Crippen molar-refractivity contribution in [1.29, 1.82) is 0 Å². The summed E-state index contributed by atoms with van der Waals surface area (Å²) in [7, 11) is 1.83. The van der Waals surface area contributed by atoms with Crippen molar-refractivity contribution in [2.75, 3.05) is 25.0 Å². The van der Waals surface area contributed by atoms with E-state index in [9.17, 15) is 9.90 Å². The van der Waals surface area contributed by atoms with Crippen LogP contribution in [0.5, 0.6) is 0 Å². The summed E-state index contributed by atoms with van der Waals surface area (Å²) in [6, 6.07) is 1.83. The molecule has 2 amide bonds. The number of urea groups is 1. The number of aryl methyl sites for hydroxylation is 2. The Morgan fingerprint density at radius 3 is 2.57 bits per heavy atom. The molecule has 6 nitrogen and oxygen atoms in total. The van der Waals surface area contributed by atoms with E-state index in [-0.39, 0.29) is 18.1 Å². The van der Waals surface area contributed by atoms with Crippen molar-refractivity contribution in [1.82, 2.24) is 14.7 Å². The average Bonchev–Trinajstić information content (AvgIpc) is 2.87. The molecule has 2 heterocycles. The van der Waals surface area contributed by atoms with Gasteiger partial charge in [0.1, 0.15) is 5.82 Å². The lowest BCUT2D eigenvalue weighted by Crippen LogP contribution is -2.46. The molecule has 0 bridgehead atoms. The molecule has 1 aliphatic heterocycles. The predicted octanol–water partition coefficient (Wildman–Crippen LogP) is 2.00. The Bertz CT molecular complexity index is 484. The number of likely N-dealkylation sites (tertiary alicyclic amines) is 1. The lowest BCUT2D eigenvalue weighted by molar-refractivity contribution is 0.0542. The van der Waals surface area contributed by atoms with Gasteiger partial charge in [-0.25, -0.2) is 4.79 Å². The van der Waals surface area contributed by atoms with E-state index in [0.717, 1.165) is 37.2 Å². The van der Waals surface area contributed by atoms with Crippen LogP contribution in [0.2, 0.25) is 0 Å². The molecule has 0 aromatic carbocycles. The Labute approximate surface area is 126 Å². The van der Waals surface area contributed by atoms with Crippen molar-refractivity contribution < 1.29 is 9.90 Å². The minimum absolute atomic E-state index is 0.00130. The molecule has 0 spiro atoms. The van der Waals surface area contributed by atoms with E-state index in [4.69, 9.17) is 0 Å². The number of piperidine rings is 1. The van der Waals surface area contributed by atoms with E-state index in [1.165, 1.54) is 0 Å². The summed E-state index contributed by atoms with van der Waals surface area (Å²) in [6.07, 6.45) is 3.53. The molecule has 0 atom stereocenters. The van der Waals surface area contributed by atoms with E-state index < -0.39 is 0 Å². The smallest absolute Gasteiger partial charge is 0.322 e. The van der Waals surface area contributed by atoms with Gasteiger partial charge in [-0.3, -0.25) is 10.00 Å². The Hall–Kier alpha value is -1.56. The first-order valence-corrected chi connectivity index (χ1v) is 7.73. The van der Waals surface area contributed by atoms with Crippen molar-refractivity contribution in [3.8, 4) is 0 Å². The monoisotopic (exact) mass is 294 g/mol. The van der Waals surface area contributed by atoms with Crippen molar-refractivity contribution in [3.63, 3.8) is 0 Å². The van der Waals surface area contributed by atoms with Gasteiger partial charge in [0, 0.05) is 32.8 Å². The molecule has 21 heavy (non-hydrogen) atoms. The van der Waals surface area contributed by atoms with E-state index >= 15 is 0 Å². The first-order valence-electron chi connectivity index (χ1n) is 7.73. The third-order valence-electron chi connectivity index (χ3n) is 4.72. The summed E-state index contributed by atoms with van der Waals surface area (Å²) in [5.74, 6) is 0.728. The van der Waals surface area contributed by atoms with E-state index in [0.29, 0.717) is 13.1 Å². The fourth-order valence-corrected chi connectivity index (χ4v) is 2.81. The summed E-state index contributed by atoms with van der Waals surface area (Å²) < 4.78 is 1.70. The highest BCUT2D eigenvalue weighted by molar-refractivity contribution is 5.88. The van der Waals surface area contributed by atoms with Crippen molar-refractivity contribution in [2.45, 2.75) is 39.5 Å². The highest BCUT2D eigenvalue weighted by Gasteiger charge is 2.34. The normalized spacial score (nSPS) is 17.8. The van der Waals surface area contributed by atoms with E-state index in [1.54, 1.807) is 4.68 Å². The number of amides is 2. The van der Waals surface area contributed by atoms with Crippen LogP contribution in [-0.2, 0) is 13.5 Å². The number of hydrogen-bond donors (Lipinski definition) is 2. The lowest BCUT2D eigenvalue weighted by atomic mass is 9.77. The maximum absolute atomic E-state index is 12.3. The molecule has 2 N–H and O–H groups in total.